The molecule has 3 aromatic carbocycles. The largest absolute Gasteiger partial charge is 0.494 e. The van der Waals surface area contributed by atoms with Crippen LogP contribution >= 0.6 is 43.2 Å². The molecule has 0 fully saturated rings. The van der Waals surface area contributed by atoms with Gasteiger partial charge in [0.15, 0.2) is 0 Å². The molecule has 0 bridgehead atoms. The van der Waals surface area contributed by atoms with Gasteiger partial charge in [-0.1, -0.05) is 34.1 Å². The summed E-state index contributed by atoms with van der Waals surface area (Å²) in [5.74, 6) is 0.457. The lowest BCUT2D eigenvalue weighted by atomic mass is 10.1. The number of amides is 1. The zero-order valence-electron chi connectivity index (χ0n) is 15.4. The number of fused-ring (bicyclic) bond motifs is 1. The molecule has 1 heterocycles. The number of nitrogens with zero attached hydrogens (tertiary/aromatic N) is 1. The van der Waals surface area contributed by atoms with Crippen LogP contribution < -0.4 is 10.1 Å². The predicted molar refractivity (Wildman–Crippen MR) is 126 cm³/mol. The number of hydrogen-bond acceptors (Lipinski definition) is 4. The van der Waals surface area contributed by atoms with Crippen molar-refractivity contribution in [3.05, 3.63) is 75.2 Å². The molecule has 4 nitrogen and oxygen atoms in total. The zero-order chi connectivity index (χ0) is 20.4. The number of anilines is 1. The molecule has 0 aliphatic heterocycles. The van der Waals surface area contributed by atoms with Crippen LogP contribution in [0, 0.1) is 0 Å². The van der Waals surface area contributed by atoms with Gasteiger partial charge in [0.05, 0.1) is 22.5 Å². The molecule has 0 aliphatic rings. The summed E-state index contributed by atoms with van der Waals surface area (Å²) in [5, 5.41) is 3.88. The third kappa shape index (κ3) is 4.37. The van der Waals surface area contributed by atoms with Crippen molar-refractivity contribution in [2.75, 3.05) is 11.9 Å². The lowest BCUT2D eigenvalue weighted by Gasteiger charge is -2.13. The second-order valence-electron chi connectivity index (χ2n) is 6.21. The summed E-state index contributed by atoms with van der Waals surface area (Å²) < 4.78 is 8.28. The fourth-order valence-electron chi connectivity index (χ4n) is 2.94. The molecule has 0 saturated carbocycles. The molecule has 146 valence electrons. The van der Waals surface area contributed by atoms with E-state index in [9.17, 15) is 4.79 Å². The molecule has 4 rings (SSSR count). The zero-order valence-corrected chi connectivity index (χ0v) is 19.4. The second-order valence-corrected chi connectivity index (χ2v) is 9.01. The highest BCUT2D eigenvalue weighted by atomic mass is 79.9. The van der Waals surface area contributed by atoms with Gasteiger partial charge in [-0.25, -0.2) is 4.98 Å². The minimum Gasteiger partial charge on any atom is -0.494 e. The van der Waals surface area contributed by atoms with E-state index in [0.29, 0.717) is 23.6 Å². The number of rotatable bonds is 5. The summed E-state index contributed by atoms with van der Waals surface area (Å²) in [5.41, 5.74) is 2.99. The summed E-state index contributed by atoms with van der Waals surface area (Å²) in [4.78, 5) is 17.7. The van der Waals surface area contributed by atoms with Crippen LogP contribution in [0.4, 0.5) is 5.69 Å². The van der Waals surface area contributed by atoms with Gasteiger partial charge in [-0.15, -0.1) is 11.3 Å². The van der Waals surface area contributed by atoms with Crippen molar-refractivity contribution in [2.45, 2.75) is 6.92 Å². The van der Waals surface area contributed by atoms with Gasteiger partial charge in [-0.05, 0) is 65.3 Å². The number of para-hydroxylation sites is 1. The Labute approximate surface area is 189 Å². The summed E-state index contributed by atoms with van der Waals surface area (Å²) in [6, 6.07) is 19.0. The fraction of sp³-hybridized carbons (Fsp3) is 0.0909. The molecule has 1 amide bonds. The van der Waals surface area contributed by atoms with Crippen LogP contribution in [-0.2, 0) is 0 Å². The van der Waals surface area contributed by atoms with Gasteiger partial charge in [0.2, 0.25) is 0 Å². The third-order valence-corrected chi connectivity index (χ3v) is 6.38. The summed E-state index contributed by atoms with van der Waals surface area (Å²) in [7, 11) is 0. The van der Waals surface area contributed by atoms with Crippen LogP contribution in [0.2, 0.25) is 0 Å². The number of nitrogens with one attached hydrogen (secondary N) is 1. The SMILES string of the molecule is CCOc1cccc(C(=O)Nc2c(Br)cc(Br)cc2-c2nc3ccccc3s2)c1. The topological polar surface area (TPSA) is 51.2 Å². The lowest BCUT2D eigenvalue weighted by Crippen LogP contribution is -2.13. The molecule has 1 N–H and O–H groups in total. The van der Waals surface area contributed by atoms with Gasteiger partial charge < -0.3 is 10.1 Å². The van der Waals surface area contributed by atoms with Crippen molar-refractivity contribution in [1.29, 1.82) is 0 Å². The summed E-state index contributed by atoms with van der Waals surface area (Å²) >= 11 is 8.72. The van der Waals surface area contributed by atoms with Gasteiger partial charge in [-0.3, -0.25) is 4.79 Å². The van der Waals surface area contributed by atoms with Gasteiger partial charge >= 0.3 is 0 Å². The minimum atomic E-state index is -0.211. The van der Waals surface area contributed by atoms with Crippen LogP contribution in [0.15, 0.2) is 69.6 Å². The van der Waals surface area contributed by atoms with E-state index in [1.807, 2.05) is 55.5 Å². The van der Waals surface area contributed by atoms with Crippen LogP contribution in [0.25, 0.3) is 20.8 Å². The Kier molecular flexibility index (Phi) is 5.99. The van der Waals surface area contributed by atoms with Crippen molar-refractivity contribution >= 4 is 65.0 Å². The summed E-state index contributed by atoms with van der Waals surface area (Å²) in [6.45, 7) is 2.46. The maximum absolute atomic E-state index is 12.9. The number of thiazole rings is 1. The molecule has 7 heteroatoms. The highest BCUT2D eigenvalue weighted by Gasteiger charge is 2.18. The normalized spacial score (nSPS) is 10.9. The molecular weight excluding hydrogens is 516 g/mol. The standard InChI is InChI=1S/C22H16Br2N2O2S/c1-2-28-15-7-5-6-13(10-15)21(27)26-20-16(11-14(23)12-17(20)24)22-25-18-8-3-4-9-19(18)29-22/h3-12H,2H2,1H3,(H,26,27). The van der Waals surface area contributed by atoms with E-state index in [2.05, 4.69) is 37.2 Å². The van der Waals surface area contributed by atoms with E-state index in [1.165, 1.54) is 0 Å². The Morgan fingerprint density at radius 2 is 1.93 bits per heavy atom. The molecule has 0 aliphatic carbocycles. The fourth-order valence-corrected chi connectivity index (χ4v) is 5.25. The van der Waals surface area contributed by atoms with Gasteiger partial charge in [0, 0.05) is 20.1 Å². The van der Waals surface area contributed by atoms with Crippen molar-refractivity contribution in [1.82, 2.24) is 4.98 Å². The van der Waals surface area contributed by atoms with E-state index >= 15 is 0 Å². The number of aromatic nitrogens is 1. The van der Waals surface area contributed by atoms with Crippen LogP contribution in [0.3, 0.4) is 0 Å². The van der Waals surface area contributed by atoms with E-state index in [4.69, 9.17) is 9.72 Å². The average molecular weight is 532 g/mol. The Balaban J connectivity index is 1.74. The van der Waals surface area contributed by atoms with Crippen molar-refractivity contribution in [3.63, 3.8) is 0 Å². The monoisotopic (exact) mass is 530 g/mol. The van der Waals surface area contributed by atoms with Crippen molar-refractivity contribution in [2.24, 2.45) is 0 Å². The maximum atomic E-state index is 12.9. The second kappa shape index (κ2) is 8.65. The molecule has 0 atom stereocenters. The van der Waals surface area contributed by atoms with Crippen molar-refractivity contribution in [3.8, 4) is 16.3 Å². The molecule has 0 radical (unpaired) electrons. The van der Waals surface area contributed by atoms with E-state index < -0.39 is 0 Å². The molecular formula is C22H16Br2N2O2S. The average Bonchev–Trinajstić information content (AvgIpc) is 3.14. The first-order valence-electron chi connectivity index (χ1n) is 8.94. The lowest BCUT2D eigenvalue weighted by molar-refractivity contribution is 0.102. The molecule has 0 saturated heterocycles. The molecule has 0 unspecified atom stereocenters. The Morgan fingerprint density at radius 3 is 2.72 bits per heavy atom. The number of carbonyl (C=O) groups is 1. The molecule has 1 aromatic heterocycles. The number of ether oxygens (including phenoxy) is 1. The van der Waals surface area contributed by atoms with Gasteiger partial charge in [0.25, 0.3) is 5.91 Å². The first kappa shape index (κ1) is 20.1. The molecule has 4 aromatic rings. The van der Waals surface area contributed by atoms with Gasteiger partial charge in [0.1, 0.15) is 10.8 Å². The first-order chi connectivity index (χ1) is 14.0. The van der Waals surface area contributed by atoms with Crippen LogP contribution in [0.1, 0.15) is 17.3 Å². The maximum Gasteiger partial charge on any atom is 0.255 e. The Hall–Kier alpha value is -2.22. The van der Waals surface area contributed by atoms with E-state index in [-0.39, 0.29) is 5.91 Å². The third-order valence-electron chi connectivity index (χ3n) is 4.23. The van der Waals surface area contributed by atoms with E-state index in [0.717, 1.165) is 29.7 Å². The number of hydrogen-bond donors (Lipinski definition) is 1. The minimum absolute atomic E-state index is 0.211. The highest BCUT2D eigenvalue weighted by molar-refractivity contribution is 9.11. The summed E-state index contributed by atoms with van der Waals surface area (Å²) in [6.07, 6.45) is 0. The molecule has 29 heavy (non-hydrogen) atoms. The highest BCUT2D eigenvalue weighted by Crippen LogP contribution is 2.40. The van der Waals surface area contributed by atoms with Crippen molar-refractivity contribution < 1.29 is 9.53 Å². The van der Waals surface area contributed by atoms with Crippen LogP contribution in [0.5, 0.6) is 5.75 Å². The predicted octanol–water partition coefficient (Wildman–Crippen LogP) is 7.14. The number of carbonyl (C=O) groups excluding carboxylic acids is 1. The van der Waals surface area contributed by atoms with E-state index in [1.54, 1.807) is 23.5 Å². The first-order valence-corrected chi connectivity index (χ1v) is 11.3. The Morgan fingerprint density at radius 1 is 1.10 bits per heavy atom. The quantitative estimate of drug-likeness (QED) is 0.297. The smallest absolute Gasteiger partial charge is 0.255 e. The van der Waals surface area contributed by atoms with Crippen LogP contribution in [-0.4, -0.2) is 17.5 Å². The Bertz CT molecular complexity index is 1170. The number of halogens is 2. The molecule has 0 spiro atoms. The number of benzene rings is 3. The van der Waals surface area contributed by atoms with Gasteiger partial charge in [-0.2, -0.15) is 0 Å².